The van der Waals surface area contributed by atoms with Gasteiger partial charge in [0.1, 0.15) is 0 Å². The Hall–Kier alpha value is -0.880. The summed E-state index contributed by atoms with van der Waals surface area (Å²) in [5, 5.41) is 0.0955. The molecule has 1 aromatic heterocycles. The Morgan fingerprint density at radius 3 is 2.69 bits per heavy atom. The standard InChI is InChI=1S/C10H19N3O2S/c1-4-13-7-10(11-8-13)16(14,15)12-6-5-9(2)3/h7-9,12H,4-6H2,1-3H3. The second-order valence-electron chi connectivity index (χ2n) is 4.12. The second kappa shape index (κ2) is 5.45. The van der Waals surface area contributed by atoms with Crippen LogP contribution < -0.4 is 4.72 Å². The quantitative estimate of drug-likeness (QED) is 0.819. The highest BCUT2D eigenvalue weighted by molar-refractivity contribution is 7.89. The summed E-state index contributed by atoms with van der Waals surface area (Å²) >= 11 is 0. The average molecular weight is 245 g/mol. The van der Waals surface area contributed by atoms with E-state index >= 15 is 0 Å². The SMILES string of the molecule is CCn1cnc(S(=O)(=O)NCCC(C)C)c1. The van der Waals surface area contributed by atoms with E-state index in [4.69, 9.17) is 0 Å². The molecule has 1 heterocycles. The molecule has 6 heteroatoms. The van der Waals surface area contributed by atoms with Gasteiger partial charge in [-0.05, 0) is 19.3 Å². The van der Waals surface area contributed by atoms with Gasteiger partial charge in [-0.3, -0.25) is 0 Å². The fraction of sp³-hybridized carbons (Fsp3) is 0.700. The third-order valence-corrected chi connectivity index (χ3v) is 3.61. The molecule has 0 aliphatic rings. The lowest BCUT2D eigenvalue weighted by Crippen LogP contribution is -2.25. The van der Waals surface area contributed by atoms with Crippen LogP contribution in [0.5, 0.6) is 0 Å². The number of hydrogen-bond donors (Lipinski definition) is 1. The van der Waals surface area contributed by atoms with E-state index in [1.807, 2.05) is 6.92 Å². The van der Waals surface area contributed by atoms with Crippen molar-refractivity contribution in [3.8, 4) is 0 Å². The van der Waals surface area contributed by atoms with Crippen molar-refractivity contribution in [2.75, 3.05) is 6.54 Å². The van der Waals surface area contributed by atoms with Crippen molar-refractivity contribution in [3.05, 3.63) is 12.5 Å². The molecule has 0 amide bonds. The molecule has 0 saturated heterocycles. The number of hydrogen-bond acceptors (Lipinski definition) is 3. The smallest absolute Gasteiger partial charge is 0.259 e. The molecule has 0 aliphatic carbocycles. The van der Waals surface area contributed by atoms with E-state index in [2.05, 4.69) is 23.6 Å². The van der Waals surface area contributed by atoms with Gasteiger partial charge in [0.15, 0.2) is 5.03 Å². The van der Waals surface area contributed by atoms with Crippen LogP contribution in [0, 0.1) is 5.92 Å². The molecule has 1 N–H and O–H groups in total. The predicted molar refractivity (Wildman–Crippen MR) is 62.5 cm³/mol. The minimum Gasteiger partial charge on any atom is -0.336 e. The fourth-order valence-corrected chi connectivity index (χ4v) is 2.20. The molecular weight excluding hydrogens is 226 g/mol. The minimum atomic E-state index is -3.43. The fourth-order valence-electron chi connectivity index (χ4n) is 1.21. The maximum absolute atomic E-state index is 11.8. The molecule has 0 spiro atoms. The zero-order valence-corrected chi connectivity index (χ0v) is 10.8. The van der Waals surface area contributed by atoms with Gasteiger partial charge >= 0.3 is 0 Å². The van der Waals surface area contributed by atoms with E-state index in [9.17, 15) is 8.42 Å². The lowest BCUT2D eigenvalue weighted by molar-refractivity contribution is 0.549. The van der Waals surface area contributed by atoms with Crippen LogP contribution >= 0.6 is 0 Å². The van der Waals surface area contributed by atoms with Gasteiger partial charge < -0.3 is 4.57 Å². The van der Waals surface area contributed by atoms with E-state index in [-0.39, 0.29) is 5.03 Å². The van der Waals surface area contributed by atoms with Gasteiger partial charge in [-0.25, -0.2) is 18.1 Å². The summed E-state index contributed by atoms with van der Waals surface area (Å²) in [6, 6.07) is 0. The summed E-state index contributed by atoms with van der Waals surface area (Å²) in [6.45, 7) is 7.22. The zero-order chi connectivity index (χ0) is 12.2. The van der Waals surface area contributed by atoms with Gasteiger partial charge in [-0.2, -0.15) is 0 Å². The number of imidazole rings is 1. The van der Waals surface area contributed by atoms with E-state index in [1.165, 1.54) is 12.5 Å². The summed E-state index contributed by atoms with van der Waals surface area (Å²) in [6.07, 6.45) is 3.89. The molecule has 0 saturated carbocycles. The highest BCUT2D eigenvalue weighted by atomic mass is 32.2. The summed E-state index contributed by atoms with van der Waals surface area (Å²) < 4.78 is 27.8. The lowest BCUT2D eigenvalue weighted by atomic mass is 10.1. The molecule has 0 radical (unpaired) electrons. The van der Waals surface area contributed by atoms with Gasteiger partial charge in [0.05, 0.1) is 6.33 Å². The van der Waals surface area contributed by atoms with Gasteiger partial charge in [0.25, 0.3) is 10.0 Å². The van der Waals surface area contributed by atoms with E-state index in [1.54, 1.807) is 4.57 Å². The molecule has 0 atom stereocenters. The second-order valence-corrected chi connectivity index (χ2v) is 5.84. The molecule has 16 heavy (non-hydrogen) atoms. The molecule has 0 bridgehead atoms. The molecule has 1 rings (SSSR count). The van der Waals surface area contributed by atoms with Crippen molar-refractivity contribution in [1.82, 2.24) is 14.3 Å². The molecule has 0 aromatic carbocycles. The van der Waals surface area contributed by atoms with Crippen LogP contribution in [0.1, 0.15) is 27.2 Å². The monoisotopic (exact) mass is 245 g/mol. The van der Waals surface area contributed by atoms with E-state index in [0.717, 1.165) is 6.42 Å². The third kappa shape index (κ3) is 3.61. The summed E-state index contributed by atoms with van der Waals surface area (Å²) in [4.78, 5) is 3.87. The van der Waals surface area contributed by atoms with E-state index in [0.29, 0.717) is 19.0 Å². The zero-order valence-electron chi connectivity index (χ0n) is 9.97. The van der Waals surface area contributed by atoms with Gasteiger partial charge in [-0.15, -0.1) is 0 Å². The third-order valence-electron chi connectivity index (χ3n) is 2.26. The van der Waals surface area contributed by atoms with Crippen LogP contribution in [-0.4, -0.2) is 24.5 Å². The maximum atomic E-state index is 11.8. The summed E-state index contributed by atoms with van der Waals surface area (Å²) in [7, 11) is -3.43. The maximum Gasteiger partial charge on any atom is 0.259 e. The highest BCUT2D eigenvalue weighted by Crippen LogP contribution is 2.05. The lowest BCUT2D eigenvalue weighted by Gasteiger charge is -2.05. The van der Waals surface area contributed by atoms with Crippen LogP contribution in [0.15, 0.2) is 17.6 Å². The molecule has 1 aromatic rings. The minimum absolute atomic E-state index is 0.0955. The van der Waals surface area contributed by atoms with Crippen molar-refractivity contribution in [2.24, 2.45) is 5.92 Å². The first-order valence-corrected chi connectivity index (χ1v) is 6.95. The average Bonchev–Trinajstić information content (AvgIpc) is 2.65. The number of aromatic nitrogens is 2. The Morgan fingerprint density at radius 1 is 1.50 bits per heavy atom. The van der Waals surface area contributed by atoms with Crippen molar-refractivity contribution in [1.29, 1.82) is 0 Å². The molecule has 0 fully saturated rings. The summed E-state index contributed by atoms with van der Waals surface area (Å²) in [5.41, 5.74) is 0. The molecular formula is C10H19N3O2S. The normalized spacial score (nSPS) is 12.2. The predicted octanol–water partition coefficient (Wildman–Crippen LogP) is 1.23. The number of nitrogens with zero attached hydrogens (tertiary/aromatic N) is 2. The van der Waals surface area contributed by atoms with Gasteiger partial charge in [-0.1, -0.05) is 13.8 Å². The number of sulfonamides is 1. The number of rotatable bonds is 6. The Kier molecular flexibility index (Phi) is 4.49. The Bertz CT molecular complexity index is 423. The highest BCUT2D eigenvalue weighted by Gasteiger charge is 2.16. The number of aryl methyl sites for hydroxylation is 1. The first-order valence-electron chi connectivity index (χ1n) is 5.47. The number of nitrogens with one attached hydrogen (secondary N) is 1. The largest absolute Gasteiger partial charge is 0.336 e. The van der Waals surface area contributed by atoms with Crippen LogP contribution in [-0.2, 0) is 16.6 Å². The Labute approximate surface area is 96.9 Å². The first kappa shape index (κ1) is 13.2. The molecule has 92 valence electrons. The Morgan fingerprint density at radius 2 is 2.19 bits per heavy atom. The van der Waals surface area contributed by atoms with Crippen molar-refractivity contribution >= 4 is 10.0 Å². The van der Waals surface area contributed by atoms with E-state index < -0.39 is 10.0 Å². The summed E-state index contributed by atoms with van der Waals surface area (Å²) in [5.74, 6) is 0.482. The van der Waals surface area contributed by atoms with Gasteiger partial charge in [0.2, 0.25) is 0 Å². The molecule has 0 aliphatic heterocycles. The van der Waals surface area contributed by atoms with Crippen LogP contribution in [0.4, 0.5) is 0 Å². The van der Waals surface area contributed by atoms with Crippen molar-refractivity contribution in [2.45, 2.75) is 38.8 Å². The Balaban J connectivity index is 2.63. The van der Waals surface area contributed by atoms with Crippen LogP contribution in [0.2, 0.25) is 0 Å². The van der Waals surface area contributed by atoms with Gasteiger partial charge in [0, 0.05) is 19.3 Å². The first-order chi connectivity index (χ1) is 7.45. The van der Waals surface area contributed by atoms with Crippen molar-refractivity contribution < 1.29 is 8.42 Å². The van der Waals surface area contributed by atoms with Crippen molar-refractivity contribution in [3.63, 3.8) is 0 Å². The van der Waals surface area contributed by atoms with Crippen LogP contribution in [0.25, 0.3) is 0 Å². The molecule has 0 unspecified atom stereocenters. The van der Waals surface area contributed by atoms with Crippen LogP contribution in [0.3, 0.4) is 0 Å². The topological polar surface area (TPSA) is 64.0 Å². The molecule has 5 nitrogen and oxygen atoms in total.